The first-order chi connectivity index (χ1) is 4.33. The van der Waals surface area contributed by atoms with Crippen molar-refractivity contribution in [2.24, 2.45) is 0 Å². The molecule has 1 aromatic carbocycles. The van der Waals surface area contributed by atoms with Crippen molar-refractivity contribution in [2.45, 2.75) is 6.61 Å². The van der Waals surface area contributed by atoms with Gasteiger partial charge in [0.15, 0.2) is 0 Å². The molecule has 0 aromatic heterocycles. The Kier molecular flexibility index (Phi) is 5.68. The summed E-state index contributed by atoms with van der Waals surface area (Å²) in [7, 11) is 0. The first-order valence-electron chi connectivity index (χ1n) is 2.65. The molecule has 3 heteroatoms. The van der Waals surface area contributed by atoms with Gasteiger partial charge in [-0.1, -0.05) is 33.6 Å². The predicted octanol–water partition coefficient (Wildman–Crippen LogP) is -1.69. The minimum Gasteiger partial charge on any atom is -0.851 e. The number of hydrogen-bond donors (Lipinski definition) is 0. The molecule has 0 heterocycles. The van der Waals surface area contributed by atoms with Gasteiger partial charge >= 0.3 is 29.6 Å². The van der Waals surface area contributed by atoms with Gasteiger partial charge in [-0.2, -0.15) is 0 Å². The SMILES string of the molecule is [Na+].[O-]Cc1ccc(Br)cc1. The number of rotatable bonds is 1. The zero-order chi connectivity index (χ0) is 6.69. The Morgan fingerprint density at radius 2 is 1.70 bits per heavy atom. The van der Waals surface area contributed by atoms with E-state index in [0.717, 1.165) is 10.0 Å². The maximum absolute atomic E-state index is 10.2. The molecule has 0 amide bonds. The third-order valence-corrected chi connectivity index (χ3v) is 1.61. The van der Waals surface area contributed by atoms with Gasteiger partial charge in [-0.25, -0.2) is 0 Å². The van der Waals surface area contributed by atoms with E-state index in [-0.39, 0.29) is 36.2 Å². The van der Waals surface area contributed by atoms with Gasteiger partial charge in [0, 0.05) is 4.47 Å². The van der Waals surface area contributed by atoms with Crippen LogP contribution in [0.3, 0.4) is 0 Å². The van der Waals surface area contributed by atoms with E-state index in [1.54, 1.807) is 0 Å². The molecule has 0 spiro atoms. The Morgan fingerprint density at radius 1 is 1.20 bits per heavy atom. The van der Waals surface area contributed by atoms with Crippen molar-refractivity contribution in [3.05, 3.63) is 34.3 Å². The molecule has 10 heavy (non-hydrogen) atoms. The predicted molar refractivity (Wildman–Crippen MR) is 37.8 cm³/mol. The summed E-state index contributed by atoms with van der Waals surface area (Å²) in [4.78, 5) is 0. The van der Waals surface area contributed by atoms with Crippen LogP contribution in [0.25, 0.3) is 0 Å². The van der Waals surface area contributed by atoms with Crippen molar-refractivity contribution >= 4 is 15.9 Å². The van der Waals surface area contributed by atoms with Gasteiger partial charge in [-0.15, -0.1) is 6.61 Å². The summed E-state index contributed by atoms with van der Waals surface area (Å²) in [6.07, 6.45) is 0. The first-order valence-corrected chi connectivity index (χ1v) is 3.45. The molecule has 0 aliphatic heterocycles. The monoisotopic (exact) mass is 208 g/mol. The quantitative estimate of drug-likeness (QED) is 0.506. The summed E-state index contributed by atoms with van der Waals surface area (Å²) in [5.74, 6) is 0. The molecule has 0 fully saturated rings. The van der Waals surface area contributed by atoms with Crippen LogP contribution in [0.5, 0.6) is 0 Å². The second kappa shape index (κ2) is 5.33. The van der Waals surface area contributed by atoms with Crippen molar-refractivity contribution in [3.8, 4) is 0 Å². The van der Waals surface area contributed by atoms with E-state index in [1.165, 1.54) is 0 Å². The van der Waals surface area contributed by atoms with Crippen LogP contribution in [-0.4, -0.2) is 0 Å². The number of benzene rings is 1. The topological polar surface area (TPSA) is 23.1 Å². The van der Waals surface area contributed by atoms with Gasteiger partial charge in [0.25, 0.3) is 0 Å². The zero-order valence-corrected chi connectivity index (χ0v) is 9.39. The molecule has 0 atom stereocenters. The Morgan fingerprint density at radius 3 is 2.10 bits per heavy atom. The zero-order valence-electron chi connectivity index (χ0n) is 5.80. The van der Waals surface area contributed by atoms with Crippen LogP contribution in [0, 0.1) is 0 Å². The van der Waals surface area contributed by atoms with Crippen LogP contribution in [0.15, 0.2) is 28.7 Å². The van der Waals surface area contributed by atoms with Crippen LogP contribution in [0.2, 0.25) is 0 Å². The van der Waals surface area contributed by atoms with Crippen LogP contribution >= 0.6 is 15.9 Å². The summed E-state index contributed by atoms with van der Waals surface area (Å²) in [5, 5.41) is 10.2. The Labute approximate surface area is 90.9 Å². The average molecular weight is 209 g/mol. The summed E-state index contributed by atoms with van der Waals surface area (Å²) in [6.45, 7) is -0.132. The standard InChI is InChI=1S/C7H6BrO.Na/c8-7-3-1-6(5-9)2-4-7;/h1-4H,5H2;/q-1;+1. The largest absolute Gasteiger partial charge is 1.00 e. The van der Waals surface area contributed by atoms with E-state index in [2.05, 4.69) is 15.9 Å². The van der Waals surface area contributed by atoms with E-state index in [9.17, 15) is 5.11 Å². The smallest absolute Gasteiger partial charge is 0.851 e. The van der Waals surface area contributed by atoms with E-state index in [4.69, 9.17) is 0 Å². The summed E-state index contributed by atoms with van der Waals surface area (Å²) in [5.41, 5.74) is 0.832. The molecule has 1 aromatic rings. The van der Waals surface area contributed by atoms with Gasteiger partial charge < -0.3 is 5.11 Å². The fourth-order valence-corrected chi connectivity index (χ4v) is 0.845. The normalized spacial score (nSPS) is 8.60. The molecule has 0 aliphatic carbocycles. The molecular formula is C7H6BrNaO. The fraction of sp³-hybridized carbons (Fsp3) is 0.143. The van der Waals surface area contributed by atoms with Gasteiger partial charge in [-0.3, -0.25) is 0 Å². The van der Waals surface area contributed by atoms with Crippen LogP contribution in [0.1, 0.15) is 5.56 Å². The van der Waals surface area contributed by atoms with Gasteiger partial charge in [-0.05, 0) is 12.1 Å². The van der Waals surface area contributed by atoms with Crippen LogP contribution < -0.4 is 34.7 Å². The first kappa shape index (κ1) is 10.7. The Hall–Kier alpha value is 0.660. The van der Waals surface area contributed by atoms with E-state index in [0.29, 0.717) is 0 Å². The molecule has 0 aliphatic rings. The maximum Gasteiger partial charge on any atom is 1.00 e. The molecule has 0 unspecified atom stereocenters. The van der Waals surface area contributed by atoms with Gasteiger partial charge in [0.2, 0.25) is 0 Å². The van der Waals surface area contributed by atoms with E-state index < -0.39 is 0 Å². The molecule has 0 bridgehead atoms. The third kappa shape index (κ3) is 3.17. The second-order valence-corrected chi connectivity index (χ2v) is 2.69. The van der Waals surface area contributed by atoms with Gasteiger partial charge in [0.05, 0.1) is 0 Å². The van der Waals surface area contributed by atoms with Crippen molar-refractivity contribution in [3.63, 3.8) is 0 Å². The molecule has 0 radical (unpaired) electrons. The van der Waals surface area contributed by atoms with Gasteiger partial charge in [0.1, 0.15) is 0 Å². The minimum atomic E-state index is -0.132. The summed E-state index contributed by atoms with van der Waals surface area (Å²) >= 11 is 3.27. The molecule has 1 nitrogen and oxygen atoms in total. The van der Waals surface area contributed by atoms with Crippen LogP contribution in [-0.2, 0) is 6.61 Å². The maximum atomic E-state index is 10.2. The molecule has 0 saturated carbocycles. The van der Waals surface area contributed by atoms with E-state index >= 15 is 0 Å². The molecular weight excluding hydrogens is 203 g/mol. The average Bonchev–Trinajstić information content (AvgIpc) is 1.90. The van der Waals surface area contributed by atoms with E-state index in [1.807, 2.05) is 24.3 Å². The second-order valence-electron chi connectivity index (χ2n) is 1.77. The molecule has 0 saturated heterocycles. The third-order valence-electron chi connectivity index (χ3n) is 1.08. The Bertz CT molecular complexity index is 185. The van der Waals surface area contributed by atoms with Crippen molar-refractivity contribution in [1.29, 1.82) is 0 Å². The number of hydrogen-bond acceptors (Lipinski definition) is 1. The van der Waals surface area contributed by atoms with Crippen molar-refractivity contribution in [1.82, 2.24) is 0 Å². The molecule has 48 valence electrons. The summed E-state index contributed by atoms with van der Waals surface area (Å²) < 4.78 is 1.01. The Balaban J connectivity index is 0.000000810. The molecule has 1 rings (SSSR count). The van der Waals surface area contributed by atoms with Crippen LogP contribution in [0.4, 0.5) is 0 Å². The minimum absolute atomic E-state index is 0. The number of halogens is 1. The van der Waals surface area contributed by atoms with Crippen molar-refractivity contribution in [2.75, 3.05) is 0 Å². The fourth-order valence-electron chi connectivity index (χ4n) is 0.581. The van der Waals surface area contributed by atoms with Crippen molar-refractivity contribution < 1.29 is 34.7 Å². The molecule has 0 N–H and O–H groups in total. The summed E-state index contributed by atoms with van der Waals surface area (Å²) in [6, 6.07) is 7.37.